The number of fused-ring (bicyclic) bond motifs is 3. The van der Waals surface area contributed by atoms with E-state index in [4.69, 9.17) is 42.7 Å². The van der Waals surface area contributed by atoms with Gasteiger partial charge in [-0.05, 0) is 23.4 Å². The largest absolute Gasteiger partial charge is 0.464 e. The molecule has 0 aromatic heterocycles. The van der Waals surface area contributed by atoms with Crippen molar-refractivity contribution in [3.05, 3.63) is 113 Å². The molecule has 4 aromatic rings. The molecule has 1 aliphatic heterocycles. The van der Waals surface area contributed by atoms with Crippen molar-refractivity contribution < 1.29 is 18.6 Å². The summed E-state index contributed by atoms with van der Waals surface area (Å²) in [7, 11) is -3.61. The molecule has 2 atom stereocenters. The second-order valence-electron chi connectivity index (χ2n) is 9.76. The van der Waals surface area contributed by atoms with Gasteiger partial charge in [0, 0.05) is 42.2 Å². The first-order valence-electron chi connectivity index (χ1n) is 13.3. The minimum absolute atomic E-state index is 0.0540. The van der Waals surface area contributed by atoms with Crippen LogP contribution in [0.5, 0.6) is 5.75 Å². The van der Waals surface area contributed by atoms with Crippen LogP contribution in [0.15, 0.2) is 91.0 Å². The van der Waals surface area contributed by atoms with Gasteiger partial charge < -0.3 is 14.0 Å². The molecule has 2 N–H and O–H groups in total. The minimum atomic E-state index is -3.61. The number of hydrogen-bond donors (Lipinski definition) is 1. The SMILES string of the molecule is Cc1ccc2c3c(ccc2c1)C(c1ccccc1)(c1ccccc1)OC(CCOP(N)(=O)N(CCCl)CCCl)O3. The maximum absolute atomic E-state index is 13.2. The van der Waals surface area contributed by atoms with Gasteiger partial charge in [-0.1, -0.05) is 96.6 Å². The smallest absolute Gasteiger partial charge is 0.340 e. The third-order valence-corrected chi connectivity index (χ3v) is 9.21. The average molecular weight is 599 g/mol. The van der Waals surface area contributed by atoms with Crippen molar-refractivity contribution >= 4 is 41.6 Å². The number of aryl methyl sites for hydroxylation is 1. The fraction of sp³-hybridized carbons (Fsp3) is 0.290. The normalized spacial score (nSPS) is 17.8. The summed E-state index contributed by atoms with van der Waals surface area (Å²) in [6, 6.07) is 30.8. The number of ether oxygens (including phenoxy) is 2. The van der Waals surface area contributed by atoms with Crippen molar-refractivity contribution in [2.75, 3.05) is 31.5 Å². The monoisotopic (exact) mass is 598 g/mol. The van der Waals surface area contributed by atoms with Gasteiger partial charge >= 0.3 is 7.67 Å². The van der Waals surface area contributed by atoms with E-state index < -0.39 is 19.6 Å². The van der Waals surface area contributed by atoms with Crippen LogP contribution >= 0.6 is 30.9 Å². The maximum Gasteiger partial charge on any atom is 0.340 e. The summed E-state index contributed by atoms with van der Waals surface area (Å²) in [6.07, 6.45) is -0.422. The van der Waals surface area contributed by atoms with E-state index in [9.17, 15) is 4.57 Å². The van der Waals surface area contributed by atoms with Gasteiger partial charge in [0.05, 0.1) is 6.61 Å². The molecule has 4 aromatic carbocycles. The summed E-state index contributed by atoms with van der Waals surface area (Å²) in [4.78, 5) is 0. The molecule has 0 fully saturated rings. The van der Waals surface area contributed by atoms with Crippen LogP contribution in [0.2, 0.25) is 0 Å². The zero-order chi connectivity index (χ0) is 28.2. The zero-order valence-electron chi connectivity index (χ0n) is 22.3. The third kappa shape index (κ3) is 5.81. The first-order chi connectivity index (χ1) is 19.4. The van der Waals surface area contributed by atoms with Gasteiger partial charge in [0.1, 0.15) is 5.75 Å². The van der Waals surface area contributed by atoms with Crippen molar-refractivity contribution in [1.82, 2.24) is 4.67 Å². The standard InChI is InChI=1S/C31H33Cl2N2O4P/c1-23-12-14-27-24(22-23)13-15-28-30(27)38-29(16-21-37-40(34,36)35(19-17-32)20-18-33)39-31(28,25-8-4-2-5-9-25)26-10-6-3-7-11-26/h2-15,22,29H,16-21H2,1H3,(H2,34,36). The van der Waals surface area contributed by atoms with E-state index in [0.29, 0.717) is 19.5 Å². The highest BCUT2D eigenvalue weighted by Crippen LogP contribution is 2.51. The highest BCUT2D eigenvalue weighted by Gasteiger charge is 2.46. The molecule has 1 aliphatic rings. The Morgan fingerprint density at radius 2 is 1.55 bits per heavy atom. The first kappa shape index (κ1) is 29.1. The molecule has 6 nitrogen and oxygen atoms in total. The van der Waals surface area contributed by atoms with E-state index >= 15 is 0 Å². The van der Waals surface area contributed by atoms with Crippen LogP contribution in [-0.2, 0) is 19.4 Å². The van der Waals surface area contributed by atoms with Crippen molar-refractivity contribution in [2.45, 2.75) is 25.2 Å². The predicted molar refractivity (Wildman–Crippen MR) is 162 cm³/mol. The van der Waals surface area contributed by atoms with Crippen LogP contribution in [0, 0.1) is 6.92 Å². The highest BCUT2D eigenvalue weighted by molar-refractivity contribution is 7.53. The number of benzene rings is 4. The predicted octanol–water partition coefficient (Wildman–Crippen LogP) is 7.43. The Morgan fingerprint density at radius 1 is 0.925 bits per heavy atom. The zero-order valence-corrected chi connectivity index (χ0v) is 24.7. The van der Waals surface area contributed by atoms with Crippen molar-refractivity contribution in [3.63, 3.8) is 0 Å². The van der Waals surface area contributed by atoms with Gasteiger partial charge in [-0.3, -0.25) is 4.57 Å². The van der Waals surface area contributed by atoms with E-state index in [2.05, 4.69) is 61.5 Å². The van der Waals surface area contributed by atoms with E-state index in [1.807, 2.05) is 36.4 Å². The number of halogens is 2. The fourth-order valence-electron chi connectivity index (χ4n) is 5.27. The fourth-order valence-corrected chi connectivity index (χ4v) is 7.20. The summed E-state index contributed by atoms with van der Waals surface area (Å²) in [6.45, 7) is 2.74. The number of alkyl halides is 2. The van der Waals surface area contributed by atoms with Gasteiger partial charge in [-0.25, -0.2) is 10.2 Å². The third-order valence-electron chi connectivity index (χ3n) is 7.13. The lowest BCUT2D eigenvalue weighted by Gasteiger charge is -2.44. The topological polar surface area (TPSA) is 74.0 Å². The summed E-state index contributed by atoms with van der Waals surface area (Å²) >= 11 is 11.8. The Balaban J connectivity index is 1.57. The molecule has 2 unspecified atom stereocenters. The Hall–Kier alpha value is -2.41. The lowest BCUT2D eigenvalue weighted by Crippen LogP contribution is -2.43. The van der Waals surface area contributed by atoms with Crippen molar-refractivity contribution in [3.8, 4) is 5.75 Å². The Kier molecular flexibility index (Phi) is 9.18. The molecule has 5 rings (SSSR count). The van der Waals surface area contributed by atoms with Crippen LogP contribution in [0.3, 0.4) is 0 Å². The van der Waals surface area contributed by atoms with E-state index in [1.165, 1.54) is 10.2 Å². The molecule has 210 valence electrons. The lowest BCUT2D eigenvalue weighted by atomic mass is 9.78. The van der Waals surface area contributed by atoms with Gasteiger partial charge in [-0.2, -0.15) is 0 Å². The van der Waals surface area contributed by atoms with Crippen LogP contribution in [0.4, 0.5) is 0 Å². The number of hydrogen-bond acceptors (Lipinski definition) is 4. The average Bonchev–Trinajstić information content (AvgIpc) is 2.97. The summed E-state index contributed by atoms with van der Waals surface area (Å²) in [5.41, 5.74) is 9.19. The Morgan fingerprint density at radius 3 is 2.15 bits per heavy atom. The molecular formula is C31H33Cl2N2O4P. The molecule has 0 aliphatic carbocycles. The lowest BCUT2D eigenvalue weighted by molar-refractivity contribution is -0.167. The number of nitrogens with two attached hydrogens (primary N) is 1. The van der Waals surface area contributed by atoms with E-state index in [0.717, 1.165) is 33.2 Å². The van der Waals surface area contributed by atoms with E-state index in [1.54, 1.807) is 0 Å². The van der Waals surface area contributed by atoms with E-state index in [-0.39, 0.29) is 18.4 Å². The second-order valence-corrected chi connectivity index (χ2v) is 12.5. The van der Waals surface area contributed by atoms with Crippen LogP contribution in [0.25, 0.3) is 10.8 Å². The summed E-state index contributed by atoms with van der Waals surface area (Å²) in [5, 5.41) is 2.07. The molecular weight excluding hydrogens is 566 g/mol. The minimum Gasteiger partial charge on any atom is -0.464 e. The van der Waals surface area contributed by atoms with Gasteiger partial charge in [0.15, 0.2) is 5.60 Å². The number of nitrogens with zero attached hydrogens (tertiary/aromatic N) is 1. The maximum atomic E-state index is 13.2. The van der Waals surface area contributed by atoms with Gasteiger partial charge in [0.25, 0.3) is 0 Å². The summed E-state index contributed by atoms with van der Waals surface area (Å²) in [5.74, 6) is 1.27. The van der Waals surface area contributed by atoms with Gasteiger partial charge in [-0.15, -0.1) is 23.2 Å². The molecule has 1 heterocycles. The number of rotatable bonds is 11. The van der Waals surface area contributed by atoms with Crippen LogP contribution < -0.4 is 10.2 Å². The molecule has 40 heavy (non-hydrogen) atoms. The highest BCUT2D eigenvalue weighted by atomic mass is 35.5. The first-order valence-corrected chi connectivity index (χ1v) is 16.0. The molecule has 0 radical (unpaired) electrons. The second kappa shape index (κ2) is 12.6. The molecule has 9 heteroatoms. The summed E-state index contributed by atoms with van der Waals surface area (Å²) < 4.78 is 33.9. The molecule has 0 saturated heterocycles. The Bertz CT molecular complexity index is 1440. The van der Waals surface area contributed by atoms with Gasteiger partial charge in [0.2, 0.25) is 6.29 Å². The quantitative estimate of drug-likeness (QED) is 0.143. The van der Waals surface area contributed by atoms with Crippen molar-refractivity contribution in [2.24, 2.45) is 5.50 Å². The molecule has 0 saturated carbocycles. The molecule has 0 amide bonds. The van der Waals surface area contributed by atoms with Crippen molar-refractivity contribution in [1.29, 1.82) is 0 Å². The van der Waals surface area contributed by atoms with Crippen LogP contribution in [0.1, 0.15) is 28.7 Å². The van der Waals surface area contributed by atoms with Crippen LogP contribution in [-0.4, -0.2) is 42.4 Å². The molecule has 0 bridgehead atoms. The molecule has 0 spiro atoms. The Labute approximate surface area is 245 Å².